The lowest BCUT2D eigenvalue weighted by atomic mass is 10.0. The third-order valence-corrected chi connectivity index (χ3v) is 4.53. The van der Waals surface area contributed by atoms with E-state index in [0.717, 1.165) is 11.1 Å². The average Bonchev–Trinajstić information content (AvgIpc) is 2.66. The SMILES string of the molecule is Cc1cc(C#N)cc(C)c1NC(=O)c1nccc(-c2cc(Cl)ccc2Cl)n1. The molecule has 1 aromatic heterocycles. The highest BCUT2D eigenvalue weighted by molar-refractivity contribution is 6.35. The van der Waals surface area contributed by atoms with Gasteiger partial charge in [0, 0.05) is 22.5 Å². The fourth-order valence-electron chi connectivity index (χ4n) is 2.71. The summed E-state index contributed by atoms with van der Waals surface area (Å²) in [5.41, 5.74) is 3.86. The first-order valence-electron chi connectivity index (χ1n) is 8.00. The van der Waals surface area contributed by atoms with Gasteiger partial charge in [-0.3, -0.25) is 4.79 Å². The zero-order valence-electron chi connectivity index (χ0n) is 14.5. The van der Waals surface area contributed by atoms with Crippen molar-refractivity contribution in [2.75, 3.05) is 5.32 Å². The maximum absolute atomic E-state index is 12.6. The second-order valence-electron chi connectivity index (χ2n) is 5.94. The Morgan fingerprint density at radius 2 is 1.81 bits per heavy atom. The molecule has 0 saturated heterocycles. The van der Waals surface area contributed by atoms with Crippen molar-refractivity contribution >= 4 is 34.8 Å². The van der Waals surface area contributed by atoms with E-state index in [2.05, 4.69) is 21.4 Å². The van der Waals surface area contributed by atoms with Crippen LogP contribution in [0.15, 0.2) is 42.6 Å². The van der Waals surface area contributed by atoms with E-state index in [0.29, 0.717) is 32.6 Å². The summed E-state index contributed by atoms with van der Waals surface area (Å²) >= 11 is 12.2. The van der Waals surface area contributed by atoms with Crippen molar-refractivity contribution in [1.82, 2.24) is 9.97 Å². The zero-order valence-corrected chi connectivity index (χ0v) is 16.1. The topological polar surface area (TPSA) is 78.7 Å². The third-order valence-electron chi connectivity index (χ3n) is 3.96. The van der Waals surface area contributed by atoms with Gasteiger partial charge in [0.1, 0.15) is 0 Å². The summed E-state index contributed by atoms with van der Waals surface area (Å²) < 4.78 is 0. The summed E-state index contributed by atoms with van der Waals surface area (Å²) in [5.74, 6) is -0.447. The standard InChI is InChI=1S/C20H14Cl2N4O/c1-11-7-13(10-23)8-12(2)18(11)26-20(27)19-24-6-5-17(25-19)15-9-14(21)3-4-16(15)22/h3-9H,1-2H3,(H,26,27). The Kier molecular flexibility index (Phi) is 5.41. The van der Waals surface area contributed by atoms with E-state index >= 15 is 0 Å². The van der Waals surface area contributed by atoms with Crippen molar-refractivity contribution in [2.45, 2.75) is 13.8 Å². The maximum atomic E-state index is 12.6. The number of rotatable bonds is 3. The molecule has 3 aromatic rings. The summed E-state index contributed by atoms with van der Waals surface area (Å²) in [6.07, 6.45) is 1.49. The van der Waals surface area contributed by atoms with E-state index in [1.54, 1.807) is 36.4 Å². The summed E-state index contributed by atoms with van der Waals surface area (Å²) in [6, 6.07) is 12.2. The van der Waals surface area contributed by atoms with E-state index in [1.807, 2.05) is 13.8 Å². The summed E-state index contributed by atoms with van der Waals surface area (Å²) in [7, 11) is 0. The van der Waals surface area contributed by atoms with E-state index in [1.165, 1.54) is 6.20 Å². The number of carbonyl (C=O) groups is 1. The minimum Gasteiger partial charge on any atom is -0.319 e. The lowest BCUT2D eigenvalue weighted by Gasteiger charge is -2.12. The molecule has 0 atom stereocenters. The minimum atomic E-state index is -0.453. The smallest absolute Gasteiger partial charge is 0.293 e. The first-order valence-corrected chi connectivity index (χ1v) is 8.76. The molecule has 3 rings (SSSR count). The third kappa shape index (κ3) is 4.08. The Labute approximate surface area is 166 Å². The molecule has 0 aliphatic heterocycles. The monoisotopic (exact) mass is 396 g/mol. The molecule has 7 heteroatoms. The summed E-state index contributed by atoms with van der Waals surface area (Å²) in [4.78, 5) is 21.0. The molecular formula is C20H14Cl2N4O. The average molecular weight is 397 g/mol. The number of halogens is 2. The molecule has 2 aromatic carbocycles. The van der Waals surface area contributed by atoms with Gasteiger partial charge >= 0.3 is 0 Å². The Balaban J connectivity index is 1.93. The van der Waals surface area contributed by atoms with Gasteiger partial charge in [-0.1, -0.05) is 23.2 Å². The van der Waals surface area contributed by atoms with Crippen molar-refractivity contribution < 1.29 is 4.79 Å². The maximum Gasteiger partial charge on any atom is 0.293 e. The van der Waals surface area contributed by atoms with E-state index in [4.69, 9.17) is 28.5 Å². The molecule has 134 valence electrons. The normalized spacial score (nSPS) is 10.3. The zero-order chi connectivity index (χ0) is 19.6. The molecule has 0 aliphatic rings. The van der Waals surface area contributed by atoms with Gasteiger partial charge < -0.3 is 5.32 Å². The van der Waals surface area contributed by atoms with Crippen LogP contribution in [0.25, 0.3) is 11.3 Å². The van der Waals surface area contributed by atoms with E-state index < -0.39 is 5.91 Å². The highest BCUT2D eigenvalue weighted by atomic mass is 35.5. The number of nitriles is 1. The van der Waals surface area contributed by atoms with Crippen molar-refractivity contribution in [3.63, 3.8) is 0 Å². The van der Waals surface area contributed by atoms with Crippen LogP contribution in [0.2, 0.25) is 10.0 Å². The van der Waals surface area contributed by atoms with Crippen LogP contribution in [0.1, 0.15) is 27.3 Å². The first-order chi connectivity index (χ1) is 12.9. The Morgan fingerprint density at radius 3 is 2.48 bits per heavy atom. The number of carbonyl (C=O) groups excluding carboxylic acids is 1. The van der Waals surface area contributed by atoms with Crippen LogP contribution in [0.5, 0.6) is 0 Å². The number of hydrogen-bond donors (Lipinski definition) is 1. The Bertz CT molecular complexity index is 1070. The molecule has 1 amide bonds. The quantitative estimate of drug-likeness (QED) is 0.660. The molecule has 0 fully saturated rings. The van der Waals surface area contributed by atoms with Gasteiger partial charge in [-0.05, 0) is 61.4 Å². The fourth-order valence-corrected chi connectivity index (χ4v) is 3.09. The van der Waals surface area contributed by atoms with Gasteiger partial charge in [0.2, 0.25) is 5.82 Å². The number of anilines is 1. The molecule has 1 heterocycles. The lowest BCUT2D eigenvalue weighted by Crippen LogP contribution is -2.17. The second-order valence-corrected chi connectivity index (χ2v) is 6.78. The largest absolute Gasteiger partial charge is 0.319 e. The van der Waals surface area contributed by atoms with Crippen molar-refractivity contribution in [3.05, 3.63) is 75.2 Å². The Hall–Kier alpha value is -2.94. The van der Waals surface area contributed by atoms with Gasteiger partial charge in [0.05, 0.1) is 22.3 Å². The number of nitrogens with zero attached hydrogens (tertiary/aromatic N) is 3. The molecule has 0 aliphatic carbocycles. The summed E-state index contributed by atoms with van der Waals surface area (Å²) in [6.45, 7) is 3.65. The van der Waals surface area contributed by atoms with Crippen LogP contribution in [0.4, 0.5) is 5.69 Å². The molecule has 0 bridgehead atoms. The van der Waals surface area contributed by atoms with Gasteiger partial charge in [-0.2, -0.15) is 5.26 Å². The number of aryl methyl sites for hydroxylation is 2. The van der Waals surface area contributed by atoms with Crippen molar-refractivity contribution in [2.24, 2.45) is 0 Å². The number of hydrogen-bond acceptors (Lipinski definition) is 4. The van der Waals surface area contributed by atoms with Gasteiger partial charge in [0.15, 0.2) is 0 Å². The lowest BCUT2D eigenvalue weighted by molar-refractivity contribution is 0.101. The van der Waals surface area contributed by atoms with Crippen LogP contribution in [-0.2, 0) is 0 Å². The van der Waals surface area contributed by atoms with Gasteiger partial charge in [-0.15, -0.1) is 0 Å². The predicted octanol–water partition coefficient (Wildman–Crippen LogP) is 5.19. The van der Waals surface area contributed by atoms with Crippen LogP contribution in [0, 0.1) is 25.2 Å². The van der Waals surface area contributed by atoms with Crippen molar-refractivity contribution in [1.29, 1.82) is 5.26 Å². The van der Waals surface area contributed by atoms with Gasteiger partial charge in [0.25, 0.3) is 5.91 Å². The van der Waals surface area contributed by atoms with Crippen LogP contribution in [0.3, 0.4) is 0 Å². The van der Waals surface area contributed by atoms with Crippen LogP contribution in [-0.4, -0.2) is 15.9 Å². The number of amides is 1. The first kappa shape index (κ1) is 18.8. The molecule has 0 radical (unpaired) electrons. The van der Waals surface area contributed by atoms with E-state index in [9.17, 15) is 4.79 Å². The van der Waals surface area contributed by atoms with E-state index in [-0.39, 0.29) is 5.82 Å². The fraction of sp³-hybridized carbons (Fsp3) is 0.100. The molecule has 0 unspecified atom stereocenters. The summed E-state index contributed by atoms with van der Waals surface area (Å²) in [5, 5.41) is 12.9. The minimum absolute atomic E-state index is 0.00621. The highest BCUT2D eigenvalue weighted by Gasteiger charge is 2.15. The molecule has 5 nitrogen and oxygen atoms in total. The molecule has 1 N–H and O–H groups in total. The molecule has 0 spiro atoms. The van der Waals surface area contributed by atoms with Crippen LogP contribution >= 0.6 is 23.2 Å². The van der Waals surface area contributed by atoms with Gasteiger partial charge in [-0.25, -0.2) is 9.97 Å². The second kappa shape index (κ2) is 7.75. The number of benzene rings is 2. The highest BCUT2D eigenvalue weighted by Crippen LogP contribution is 2.29. The number of aromatic nitrogens is 2. The van der Waals surface area contributed by atoms with Crippen LogP contribution < -0.4 is 5.32 Å². The molecule has 0 saturated carbocycles. The Morgan fingerprint density at radius 1 is 1.11 bits per heavy atom. The number of nitrogens with one attached hydrogen (secondary N) is 1. The predicted molar refractivity (Wildman–Crippen MR) is 106 cm³/mol. The molecular weight excluding hydrogens is 383 g/mol. The molecule has 27 heavy (non-hydrogen) atoms. The van der Waals surface area contributed by atoms with Crippen molar-refractivity contribution in [3.8, 4) is 17.3 Å².